The topological polar surface area (TPSA) is 75.5 Å². The average molecular weight is 284 g/mol. The number of nitrogens with one attached hydrogen (secondary N) is 1. The predicted molar refractivity (Wildman–Crippen MR) is 71.5 cm³/mol. The van der Waals surface area contributed by atoms with E-state index in [0.29, 0.717) is 6.54 Å². The summed E-state index contributed by atoms with van der Waals surface area (Å²) in [4.78, 5) is 24.3. The Kier molecular flexibility index (Phi) is 4.01. The molecule has 1 saturated heterocycles. The molecule has 7 heteroatoms. The minimum atomic E-state index is -0.552. The van der Waals surface area contributed by atoms with Crippen LogP contribution in [-0.2, 0) is 0 Å². The standard InChI is InChI=1S/C12H14ClN3O3/c1-2-15(11-6-14-7-11)12(17)8-3-9(13)5-10(4-8)16(18)19/h3-5,11,14H,2,6-7H2,1H3. The fraction of sp³-hybridized carbons (Fsp3) is 0.417. The maximum absolute atomic E-state index is 12.4. The van der Waals surface area contributed by atoms with Crippen LogP contribution in [0.25, 0.3) is 0 Å². The van der Waals surface area contributed by atoms with Crippen molar-refractivity contribution in [1.82, 2.24) is 10.2 Å². The van der Waals surface area contributed by atoms with Gasteiger partial charge in [0.25, 0.3) is 11.6 Å². The van der Waals surface area contributed by atoms with E-state index >= 15 is 0 Å². The number of halogens is 1. The van der Waals surface area contributed by atoms with Gasteiger partial charge in [0.15, 0.2) is 0 Å². The monoisotopic (exact) mass is 283 g/mol. The minimum Gasteiger partial charge on any atom is -0.333 e. The van der Waals surface area contributed by atoms with Crippen LogP contribution in [0.3, 0.4) is 0 Å². The van der Waals surface area contributed by atoms with Gasteiger partial charge in [-0.05, 0) is 13.0 Å². The second-order valence-corrected chi connectivity index (χ2v) is 4.79. The van der Waals surface area contributed by atoms with Gasteiger partial charge in [-0.2, -0.15) is 0 Å². The number of amides is 1. The summed E-state index contributed by atoms with van der Waals surface area (Å²) in [6.45, 7) is 3.95. The van der Waals surface area contributed by atoms with Gasteiger partial charge in [-0.1, -0.05) is 11.6 Å². The fourth-order valence-corrected chi connectivity index (χ4v) is 2.26. The van der Waals surface area contributed by atoms with Crippen LogP contribution in [0.5, 0.6) is 0 Å². The van der Waals surface area contributed by atoms with Gasteiger partial charge < -0.3 is 10.2 Å². The molecular formula is C12H14ClN3O3. The molecule has 102 valence electrons. The number of benzene rings is 1. The Morgan fingerprint density at radius 1 is 1.53 bits per heavy atom. The van der Waals surface area contributed by atoms with E-state index in [1.54, 1.807) is 4.90 Å². The smallest absolute Gasteiger partial charge is 0.271 e. The van der Waals surface area contributed by atoms with E-state index in [0.717, 1.165) is 13.1 Å². The lowest BCUT2D eigenvalue weighted by molar-refractivity contribution is -0.384. The summed E-state index contributed by atoms with van der Waals surface area (Å²) in [5.74, 6) is -0.223. The molecule has 0 saturated carbocycles. The van der Waals surface area contributed by atoms with E-state index in [4.69, 9.17) is 11.6 Å². The molecule has 0 spiro atoms. The summed E-state index contributed by atoms with van der Waals surface area (Å²) in [7, 11) is 0. The zero-order valence-electron chi connectivity index (χ0n) is 10.4. The Balaban J connectivity index is 2.29. The Morgan fingerprint density at radius 3 is 2.68 bits per heavy atom. The second kappa shape index (κ2) is 5.54. The van der Waals surface area contributed by atoms with Crippen LogP contribution in [0.4, 0.5) is 5.69 Å². The molecule has 1 fully saturated rings. The third-order valence-corrected chi connectivity index (χ3v) is 3.36. The summed E-state index contributed by atoms with van der Waals surface area (Å²) in [6, 6.07) is 4.12. The van der Waals surface area contributed by atoms with Crippen molar-refractivity contribution in [1.29, 1.82) is 0 Å². The first-order valence-electron chi connectivity index (χ1n) is 5.99. The van der Waals surface area contributed by atoms with Crippen LogP contribution in [0.15, 0.2) is 18.2 Å². The first-order valence-corrected chi connectivity index (χ1v) is 6.37. The number of hydrogen-bond acceptors (Lipinski definition) is 4. The fourth-order valence-electron chi connectivity index (χ4n) is 2.03. The lowest BCUT2D eigenvalue weighted by Gasteiger charge is -2.37. The van der Waals surface area contributed by atoms with Gasteiger partial charge in [-0.25, -0.2) is 0 Å². The summed E-state index contributed by atoms with van der Waals surface area (Å²) in [6.07, 6.45) is 0. The molecule has 0 aromatic heterocycles. The molecule has 1 aromatic carbocycles. The van der Waals surface area contributed by atoms with Crippen molar-refractivity contribution in [2.24, 2.45) is 0 Å². The SMILES string of the molecule is CCN(C(=O)c1cc(Cl)cc([N+](=O)[O-])c1)C1CNC1. The summed E-state index contributed by atoms with van der Waals surface area (Å²) >= 11 is 5.83. The number of nitro groups is 1. The van der Waals surface area contributed by atoms with Crippen LogP contribution in [0.2, 0.25) is 5.02 Å². The number of rotatable bonds is 4. The molecule has 19 heavy (non-hydrogen) atoms. The molecule has 0 radical (unpaired) electrons. The Hall–Kier alpha value is -1.66. The lowest BCUT2D eigenvalue weighted by atomic mass is 10.1. The van der Waals surface area contributed by atoms with Crippen molar-refractivity contribution >= 4 is 23.2 Å². The zero-order chi connectivity index (χ0) is 14.0. The minimum absolute atomic E-state index is 0.149. The van der Waals surface area contributed by atoms with E-state index in [2.05, 4.69) is 5.32 Å². The molecule has 6 nitrogen and oxygen atoms in total. The highest BCUT2D eigenvalue weighted by Crippen LogP contribution is 2.22. The van der Waals surface area contributed by atoms with Gasteiger partial charge in [0, 0.05) is 42.4 Å². The van der Waals surface area contributed by atoms with Crippen LogP contribution in [0, 0.1) is 10.1 Å². The highest BCUT2D eigenvalue weighted by Gasteiger charge is 2.28. The molecular weight excluding hydrogens is 270 g/mol. The number of hydrogen-bond donors (Lipinski definition) is 1. The van der Waals surface area contributed by atoms with E-state index in [9.17, 15) is 14.9 Å². The van der Waals surface area contributed by atoms with Gasteiger partial charge in [0.05, 0.1) is 11.0 Å². The molecule has 1 amide bonds. The van der Waals surface area contributed by atoms with E-state index < -0.39 is 4.92 Å². The van der Waals surface area contributed by atoms with Crippen molar-refractivity contribution in [3.8, 4) is 0 Å². The van der Waals surface area contributed by atoms with Crippen molar-refractivity contribution in [3.63, 3.8) is 0 Å². The highest BCUT2D eigenvalue weighted by atomic mass is 35.5. The normalized spacial score (nSPS) is 14.8. The van der Waals surface area contributed by atoms with E-state index in [-0.39, 0.29) is 28.2 Å². The van der Waals surface area contributed by atoms with Gasteiger partial charge in [0.2, 0.25) is 0 Å². The van der Waals surface area contributed by atoms with Crippen molar-refractivity contribution in [3.05, 3.63) is 38.9 Å². The van der Waals surface area contributed by atoms with Crippen LogP contribution >= 0.6 is 11.6 Å². The molecule has 1 aliphatic rings. The van der Waals surface area contributed by atoms with Crippen molar-refractivity contribution in [2.75, 3.05) is 19.6 Å². The largest absolute Gasteiger partial charge is 0.333 e. The second-order valence-electron chi connectivity index (χ2n) is 4.36. The first-order chi connectivity index (χ1) is 9.02. The highest BCUT2D eigenvalue weighted by molar-refractivity contribution is 6.31. The van der Waals surface area contributed by atoms with E-state index in [1.165, 1.54) is 18.2 Å². The number of nitrogens with zero attached hydrogens (tertiary/aromatic N) is 2. The van der Waals surface area contributed by atoms with Crippen LogP contribution < -0.4 is 5.32 Å². The molecule has 1 N–H and O–H groups in total. The summed E-state index contributed by atoms with van der Waals surface area (Å²) in [5.41, 5.74) is 0.0894. The molecule has 1 aliphatic heterocycles. The van der Waals surface area contributed by atoms with Crippen LogP contribution in [0.1, 0.15) is 17.3 Å². The van der Waals surface area contributed by atoms with Gasteiger partial charge in [-0.15, -0.1) is 0 Å². The molecule has 0 atom stereocenters. The molecule has 0 unspecified atom stereocenters. The Labute approximate surface area is 115 Å². The predicted octanol–water partition coefficient (Wildman–Crippen LogP) is 1.68. The lowest BCUT2D eigenvalue weighted by Crippen LogP contribution is -2.58. The van der Waals surface area contributed by atoms with Crippen molar-refractivity contribution in [2.45, 2.75) is 13.0 Å². The van der Waals surface area contributed by atoms with E-state index in [1.807, 2.05) is 6.92 Å². The zero-order valence-corrected chi connectivity index (χ0v) is 11.2. The van der Waals surface area contributed by atoms with Crippen LogP contribution in [-0.4, -0.2) is 41.4 Å². The molecule has 2 rings (SSSR count). The van der Waals surface area contributed by atoms with Gasteiger partial charge in [0.1, 0.15) is 0 Å². The maximum Gasteiger partial charge on any atom is 0.271 e. The summed E-state index contributed by atoms with van der Waals surface area (Å²) < 4.78 is 0. The van der Waals surface area contributed by atoms with Crippen molar-refractivity contribution < 1.29 is 9.72 Å². The molecule has 0 aliphatic carbocycles. The maximum atomic E-state index is 12.4. The molecule has 1 aromatic rings. The molecule has 1 heterocycles. The third kappa shape index (κ3) is 2.85. The number of carbonyl (C=O) groups excluding carboxylic acids is 1. The number of non-ortho nitro benzene ring substituents is 1. The Bertz CT molecular complexity index is 517. The number of nitro benzene ring substituents is 1. The summed E-state index contributed by atoms with van der Waals surface area (Å²) in [5, 5.41) is 14.1. The quantitative estimate of drug-likeness (QED) is 0.674. The molecule has 0 bridgehead atoms. The Morgan fingerprint density at radius 2 is 2.21 bits per heavy atom. The third-order valence-electron chi connectivity index (χ3n) is 3.14. The number of likely N-dealkylation sites (N-methyl/N-ethyl adjacent to an activating group) is 1. The first kappa shape index (κ1) is 13.8. The number of carbonyl (C=O) groups is 1. The van der Waals surface area contributed by atoms with Gasteiger partial charge >= 0.3 is 0 Å². The average Bonchev–Trinajstić information content (AvgIpc) is 2.31. The van der Waals surface area contributed by atoms with Gasteiger partial charge in [-0.3, -0.25) is 14.9 Å².